The molecule has 3 rings (SSSR count). The largest absolute Gasteiger partial charge is 0.311 e. The van der Waals surface area contributed by atoms with Crippen LogP contribution in [-0.2, 0) is 13.1 Å². The zero-order chi connectivity index (χ0) is 14.7. The first-order valence-electron chi connectivity index (χ1n) is 8.81. The van der Waals surface area contributed by atoms with Gasteiger partial charge in [-0.15, -0.1) is 0 Å². The summed E-state index contributed by atoms with van der Waals surface area (Å²) in [5.41, 5.74) is 1.39. The predicted molar refractivity (Wildman–Crippen MR) is 86.2 cm³/mol. The lowest BCUT2D eigenvalue weighted by atomic mass is 9.97. The second-order valence-corrected chi connectivity index (χ2v) is 6.78. The van der Waals surface area contributed by atoms with E-state index < -0.39 is 0 Å². The number of nitrogens with zero attached hydrogens (tertiary/aromatic N) is 3. The summed E-state index contributed by atoms with van der Waals surface area (Å²) in [5, 5.41) is 8.25. The molecule has 1 N–H and O–H groups in total. The maximum absolute atomic E-state index is 4.48. The molecule has 0 radical (unpaired) electrons. The summed E-state index contributed by atoms with van der Waals surface area (Å²) in [6.07, 6.45) is 9.78. The average molecular weight is 290 g/mol. The number of rotatable bonds is 7. The molecule has 0 aromatic carbocycles. The Kier molecular flexibility index (Phi) is 4.96. The Morgan fingerprint density at radius 3 is 2.67 bits per heavy atom. The van der Waals surface area contributed by atoms with Crippen LogP contribution in [0.2, 0.25) is 0 Å². The van der Waals surface area contributed by atoms with Gasteiger partial charge in [-0.2, -0.15) is 5.10 Å². The van der Waals surface area contributed by atoms with Crippen LogP contribution in [0.1, 0.15) is 58.1 Å². The molecule has 0 spiro atoms. The number of hydrogen-bond donors (Lipinski definition) is 1. The van der Waals surface area contributed by atoms with Crippen LogP contribution in [-0.4, -0.2) is 39.4 Å². The van der Waals surface area contributed by atoms with Gasteiger partial charge in [-0.1, -0.05) is 13.8 Å². The van der Waals surface area contributed by atoms with Gasteiger partial charge in [0.25, 0.3) is 0 Å². The van der Waals surface area contributed by atoms with Crippen LogP contribution in [0, 0.1) is 0 Å². The molecule has 2 unspecified atom stereocenters. The molecular weight excluding hydrogens is 260 g/mol. The summed E-state index contributed by atoms with van der Waals surface area (Å²) >= 11 is 0. The van der Waals surface area contributed by atoms with Gasteiger partial charge in [-0.05, 0) is 51.1 Å². The molecule has 4 heteroatoms. The van der Waals surface area contributed by atoms with E-state index >= 15 is 0 Å². The number of fused-ring (bicyclic) bond motifs is 2. The van der Waals surface area contributed by atoms with Crippen molar-refractivity contribution in [1.82, 2.24) is 20.0 Å². The lowest BCUT2D eigenvalue weighted by Gasteiger charge is -2.37. The number of aryl methyl sites for hydroxylation is 1. The summed E-state index contributed by atoms with van der Waals surface area (Å²) in [6.45, 7) is 7.84. The third-order valence-corrected chi connectivity index (χ3v) is 5.08. The summed E-state index contributed by atoms with van der Waals surface area (Å²) in [4.78, 5) is 2.72. The molecule has 0 aliphatic carbocycles. The van der Waals surface area contributed by atoms with Gasteiger partial charge in [-0.3, -0.25) is 9.58 Å². The Bertz CT molecular complexity index is 430. The van der Waals surface area contributed by atoms with Crippen molar-refractivity contribution in [3.63, 3.8) is 0 Å². The molecule has 2 aliphatic rings. The average Bonchev–Trinajstić information content (AvgIpc) is 3.05. The number of nitrogens with one attached hydrogen (secondary N) is 1. The molecule has 1 aromatic heterocycles. The standard InChI is InChI=1S/C17H30N4/c1-3-9-20(13-16-7-8-18-21(16)10-4-2)17-11-14-5-6-15(12-17)19-14/h7-8,14-15,17,19H,3-6,9-13H2,1-2H3. The van der Waals surface area contributed by atoms with E-state index in [-0.39, 0.29) is 0 Å². The SMILES string of the molecule is CCCN(Cc1ccnn1CCC)C1CC2CCC(C1)N2. The van der Waals surface area contributed by atoms with Crippen LogP contribution in [0.25, 0.3) is 0 Å². The van der Waals surface area contributed by atoms with Gasteiger partial charge in [0.15, 0.2) is 0 Å². The van der Waals surface area contributed by atoms with Gasteiger partial charge >= 0.3 is 0 Å². The first-order valence-corrected chi connectivity index (χ1v) is 8.81. The molecule has 0 saturated carbocycles. The maximum atomic E-state index is 4.48. The van der Waals surface area contributed by atoms with Gasteiger partial charge in [0.05, 0.1) is 5.69 Å². The highest BCUT2D eigenvalue weighted by Crippen LogP contribution is 2.30. The van der Waals surface area contributed by atoms with E-state index in [0.29, 0.717) is 0 Å². The predicted octanol–water partition coefficient (Wildman–Crippen LogP) is 2.79. The third kappa shape index (κ3) is 3.49. The van der Waals surface area contributed by atoms with Crippen molar-refractivity contribution in [2.24, 2.45) is 0 Å². The molecule has 2 aliphatic heterocycles. The molecule has 4 nitrogen and oxygen atoms in total. The summed E-state index contributed by atoms with van der Waals surface area (Å²) in [7, 11) is 0. The summed E-state index contributed by atoms with van der Waals surface area (Å²) in [5.74, 6) is 0. The molecular formula is C17H30N4. The van der Waals surface area contributed by atoms with Crippen molar-refractivity contribution < 1.29 is 0 Å². The smallest absolute Gasteiger partial charge is 0.0524 e. The van der Waals surface area contributed by atoms with Crippen LogP contribution in [0.3, 0.4) is 0 Å². The second-order valence-electron chi connectivity index (χ2n) is 6.78. The highest BCUT2D eigenvalue weighted by molar-refractivity contribution is 5.03. The van der Waals surface area contributed by atoms with Gasteiger partial charge in [-0.25, -0.2) is 0 Å². The molecule has 2 saturated heterocycles. The molecule has 118 valence electrons. The second kappa shape index (κ2) is 6.93. The lowest BCUT2D eigenvalue weighted by Crippen LogP contribution is -2.48. The summed E-state index contributed by atoms with van der Waals surface area (Å²) < 4.78 is 2.19. The van der Waals surface area contributed by atoms with Crippen LogP contribution >= 0.6 is 0 Å². The normalized spacial score (nSPS) is 28.4. The van der Waals surface area contributed by atoms with Crippen LogP contribution in [0.15, 0.2) is 12.3 Å². The Morgan fingerprint density at radius 2 is 2.00 bits per heavy atom. The minimum atomic E-state index is 0.758. The van der Waals surface area contributed by atoms with E-state index in [2.05, 4.69) is 39.9 Å². The van der Waals surface area contributed by atoms with E-state index in [1.54, 1.807) is 0 Å². The van der Waals surface area contributed by atoms with Gasteiger partial charge in [0, 0.05) is 37.4 Å². The minimum absolute atomic E-state index is 0.758. The van der Waals surface area contributed by atoms with Crippen LogP contribution in [0.5, 0.6) is 0 Å². The molecule has 21 heavy (non-hydrogen) atoms. The molecule has 2 fully saturated rings. The van der Waals surface area contributed by atoms with E-state index in [1.807, 2.05) is 6.20 Å². The molecule has 2 atom stereocenters. The zero-order valence-electron chi connectivity index (χ0n) is 13.6. The van der Waals surface area contributed by atoms with Crippen LogP contribution in [0.4, 0.5) is 0 Å². The Hall–Kier alpha value is -0.870. The van der Waals surface area contributed by atoms with E-state index in [4.69, 9.17) is 0 Å². The van der Waals surface area contributed by atoms with Crippen LogP contribution < -0.4 is 5.32 Å². The van der Waals surface area contributed by atoms with Gasteiger partial charge in [0.1, 0.15) is 0 Å². The Labute approximate surface area is 128 Å². The molecule has 2 bridgehead atoms. The fourth-order valence-electron chi connectivity index (χ4n) is 4.12. The summed E-state index contributed by atoms with van der Waals surface area (Å²) in [6, 6.07) is 4.50. The highest BCUT2D eigenvalue weighted by Gasteiger charge is 2.35. The number of hydrogen-bond acceptors (Lipinski definition) is 3. The number of aromatic nitrogens is 2. The maximum Gasteiger partial charge on any atom is 0.0524 e. The van der Waals surface area contributed by atoms with Crippen molar-refractivity contribution in [3.05, 3.63) is 18.0 Å². The van der Waals surface area contributed by atoms with E-state index in [9.17, 15) is 0 Å². The monoisotopic (exact) mass is 290 g/mol. The van der Waals surface area contributed by atoms with Crippen molar-refractivity contribution in [1.29, 1.82) is 0 Å². The van der Waals surface area contributed by atoms with Crippen molar-refractivity contribution in [2.45, 2.75) is 83.6 Å². The van der Waals surface area contributed by atoms with Crippen molar-refractivity contribution in [2.75, 3.05) is 6.54 Å². The van der Waals surface area contributed by atoms with Crippen molar-refractivity contribution >= 4 is 0 Å². The molecule has 1 aromatic rings. The highest BCUT2D eigenvalue weighted by atomic mass is 15.3. The van der Waals surface area contributed by atoms with E-state index in [0.717, 1.165) is 37.6 Å². The molecule has 3 heterocycles. The van der Waals surface area contributed by atoms with E-state index in [1.165, 1.54) is 44.3 Å². The van der Waals surface area contributed by atoms with Gasteiger partial charge in [0.2, 0.25) is 0 Å². The zero-order valence-corrected chi connectivity index (χ0v) is 13.6. The topological polar surface area (TPSA) is 33.1 Å². The van der Waals surface area contributed by atoms with Gasteiger partial charge < -0.3 is 5.32 Å². The number of piperidine rings is 1. The fraction of sp³-hybridized carbons (Fsp3) is 0.824. The first-order chi connectivity index (χ1) is 10.3. The van der Waals surface area contributed by atoms with Crippen molar-refractivity contribution in [3.8, 4) is 0 Å². The Balaban J connectivity index is 1.67. The third-order valence-electron chi connectivity index (χ3n) is 5.08. The molecule has 0 amide bonds. The Morgan fingerprint density at radius 1 is 1.24 bits per heavy atom. The minimum Gasteiger partial charge on any atom is -0.311 e. The first kappa shape index (κ1) is 15.0. The lowest BCUT2D eigenvalue weighted by molar-refractivity contribution is 0.130. The quantitative estimate of drug-likeness (QED) is 0.838. The fourth-order valence-corrected chi connectivity index (χ4v) is 4.12.